The quantitative estimate of drug-likeness (QED) is 0.775. The molecular formula is C21H22N4O2. The SMILES string of the molecule is Cc1cc(NC(=O)Cn2ncc(=O)c3ccccc32)ccc1N1CCCC1. The van der Waals surface area contributed by atoms with Crippen molar-refractivity contribution < 1.29 is 4.79 Å². The van der Waals surface area contributed by atoms with Crippen molar-refractivity contribution in [3.63, 3.8) is 0 Å². The van der Waals surface area contributed by atoms with E-state index in [0.717, 1.165) is 24.3 Å². The number of carbonyl (C=O) groups excluding carboxylic acids is 1. The lowest BCUT2D eigenvalue weighted by molar-refractivity contribution is -0.116. The number of benzene rings is 2. The number of carbonyl (C=O) groups is 1. The summed E-state index contributed by atoms with van der Waals surface area (Å²) in [4.78, 5) is 26.8. The lowest BCUT2D eigenvalue weighted by Gasteiger charge is -2.20. The fraction of sp³-hybridized carbons (Fsp3) is 0.286. The summed E-state index contributed by atoms with van der Waals surface area (Å²) < 4.78 is 1.55. The molecule has 6 nitrogen and oxygen atoms in total. The van der Waals surface area contributed by atoms with Crippen molar-refractivity contribution in [2.75, 3.05) is 23.3 Å². The van der Waals surface area contributed by atoms with E-state index in [2.05, 4.69) is 28.3 Å². The highest BCUT2D eigenvalue weighted by molar-refractivity contribution is 5.92. The fourth-order valence-electron chi connectivity index (χ4n) is 3.67. The summed E-state index contributed by atoms with van der Waals surface area (Å²) in [5, 5.41) is 7.60. The third-order valence-electron chi connectivity index (χ3n) is 4.98. The van der Waals surface area contributed by atoms with Crippen LogP contribution in [0, 0.1) is 6.92 Å². The number of aromatic nitrogens is 2. The van der Waals surface area contributed by atoms with Crippen LogP contribution in [-0.4, -0.2) is 28.8 Å². The maximum atomic E-state index is 12.5. The van der Waals surface area contributed by atoms with Gasteiger partial charge in [0.25, 0.3) is 0 Å². The average Bonchev–Trinajstić information content (AvgIpc) is 3.19. The van der Waals surface area contributed by atoms with Crippen LogP contribution in [-0.2, 0) is 11.3 Å². The summed E-state index contributed by atoms with van der Waals surface area (Å²) in [5.41, 5.74) is 3.67. The maximum absolute atomic E-state index is 12.5. The van der Waals surface area contributed by atoms with Gasteiger partial charge in [0.1, 0.15) is 6.54 Å². The van der Waals surface area contributed by atoms with Gasteiger partial charge in [0, 0.05) is 29.9 Å². The van der Waals surface area contributed by atoms with Crippen LogP contribution >= 0.6 is 0 Å². The second-order valence-electron chi connectivity index (χ2n) is 6.93. The molecule has 0 unspecified atom stereocenters. The zero-order valence-corrected chi connectivity index (χ0v) is 15.3. The first kappa shape index (κ1) is 17.3. The van der Waals surface area contributed by atoms with Crippen molar-refractivity contribution in [1.29, 1.82) is 0 Å². The first-order valence-electron chi connectivity index (χ1n) is 9.22. The Morgan fingerprint density at radius 1 is 1.15 bits per heavy atom. The monoisotopic (exact) mass is 362 g/mol. The minimum absolute atomic E-state index is 0.0493. The molecule has 0 radical (unpaired) electrons. The Morgan fingerprint density at radius 2 is 1.93 bits per heavy atom. The molecule has 27 heavy (non-hydrogen) atoms. The molecule has 6 heteroatoms. The highest BCUT2D eigenvalue weighted by Gasteiger charge is 2.15. The van der Waals surface area contributed by atoms with Crippen molar-refractivity contribution in [3.05, 3.63) is 64.4 Å². The number of aryl methyl sites for hydroxylation is 1. The molecular weight excluding hydrogens is 340 g/mol. The van der Waals surface area contributed by atoms with Crippen LogP contribution < -0.4 is 15.6 Å². The van der Waals surface area contributed by atoms with E-state index >= 15 is 0 Å². The van der Waals surface area contributed by atoms with Crippen LogP contribution in [0.5, 0.6) is 0 Å². The molecule has 4 rings (SSSR count). The fourth-order valence-corrected chi connectivity index (χ4v) is 3.67. The number of amides is 1. The zero-order valence-electron chi connectivity index (χ0n) is 15.3. The summed E-state index contributed by atoms with van der Waals surface area (Å²) >= 11 is 0. The third kappa shape index (κ3) is 3.56. The molecule has 1 amide bonds. The first-order chi connectivity index (χ1) is 13.1. The summed E-state index contributed by atoms with van der Waals surface area (Å²) in [6.45, 7) is 4.31. The predicted molar refractivity (Wildman–Crippen MR) is 107 cm³/mol. The van der Waals surface area contributed by atoms with E-state index in [9.17, 15) is 9.59 Å². The Morgan fingerprint density at radius 3 is 2.70 bits per heavy atom. The number of rotatable bonds is 4. The molecule has 0 bridgehead atoms. The topological polar surface area (TPSA) is 67.2 Å². The van der Waals surface area contributed by atoms with Crippen LogP contribution in [0.2, 0.25) is 0 Å². The largest absolute Gasteiger partial charge is 0.371 e. The highest BCUT2D eigenvalue weighted by atomic mass is 16.2. The summed E-state index contributed by atoms with van der Waals surface area (Å²) in [7, 11) is 0. The van der Waals surface area contributed by atoms with Crippen molar-refractivity contribution in [1.82, 2.24) is 9.78 Å². The highest BCUT2D eigenvalue weighted by Crippen LogP contribution is 2.26. The molecule has 2 heterocycles. The Balaban J connectivity index is 1.51. The number of nitrogens with one attached hydrogen (secondary N) is 1. The van der Waals surface area contributed by atoms with Crippen molar-refractivity contribution in [2.45, 2.75) is 26.3 Å². The third-order valence-corrected chi connectivity index (χ3v) is 4.98. The van der Waals surface area contributed by atoms with E-state index in [4.69, 9.17) is 0 Å². The van der Waals surface area contributed by atoms with Crippen LogP contribution in [0.25, 0.3) is 10.9 Å². The van der Waals surface area contributed by atoms with Gasteiger partial charge < -0.3 is 10.2 Å². The molecule has 1 aliphatic heterocycles. The van der Waals surface area contributed by atoms with Crippen molar-refractivity contribution in [2.24, 2.45) is 0 Å². The maximum Gasteiger partial charge on any atom is 0.246 e. The molecule has 1 aliphatic rings. The number of nitrogens with zero attached hydrogens (tertiary/aromatic N) is 3. The van der Waals surface area contributed by atoms with E-state index in [0.29, 0.717) is 10.9 Å². The molecule has 1 N–H and O–H groups in total. The summed E-state index contributed by atoms with van der Waals surface area (Å²) in [6, 6.07) is 13.2. The molecule has 138 valence electrons. The van der Waals surface area contributed by atoms with Gasteiger partial charge >= 0.3 is 0 Å². The van der Waals surface area contributed by atoms with Crippen LogP contribution in [0.1, 0.15) is 18.4 Å². The van der Waals surface area contributed by atoms with Crippen molar-refractivity contribution >= 4 is 28.2 Å². The lowest BCUT2D eigenvalue weighted by atomic mass is 10.1. The Kier molecular flexibility index (Phi) is 4.62. The molecule has 0 spiro atoms. The van der Waals surface area contributed by atoms with Crippen LogP contribution in [0.3, 0.4) is 0 Å². The molecule has 0 atom stereocenters. The van der Waals surface area contributed by atoms with Gasteiger partial charge in [0.15, 0.2) is 0 Å². The molecule has 1 aromatic heterocycles. The van der Waals surface area contributed by atoms with Gasteiger partial charge in [0.2, 0.25) is 11.3 Å². The first-order valence-corrected chi connectivity index (χ1v) is 9.22. The number of anilines is 2. The van der Waals surface area contributed by atoms with Crippen molar-refractivity contribution in [3.8, 4) is 0 Å². The van der Waals surface area contributed by atoms with Gasteiger partial charge in [-0.3, -0.25) is 14.3 Å². The van der Waals surface area contributed by atoms with Crippen LogP contribution in [0.4, 0.5) is 11.4 Å². The van der Waals surface area contributed by atoms with Gasteiger partial charge in [-0.1, -0.05) is 12.1 Å². The smallest absolute Gasteiger partial charge is 0.246 e. The number of hydrogen-bond acceptors (Lipinski definition) is 4. The standard InChI is InChI=1S/C21H22N4O2/c1-15-12-16(8-9-18(15)24-10-4-5-11-24)23-21(27)14-25-19-7-3-2-6-17(19)20(26)13-22-25/h2-3,6-9,12-13H,4-5,10-11,14H2,1H3,(H,23,27). The molecule has 0 aliphatic carbocycles. The van der Waals surface area contributed by atoms with Gasteiger partial charge in [0.05, 0.1) is 11.7 Å². The molecule has 3 aromatic rings. The van der Waals surface area contributed by atoms with E-state index < -0.39 is 0 Å². The van der Waals surface area contributed by atoms with E-state index in [1.165, 1.54) is 24.7 Å². The van der Waals surface area contributed by atoms with Gasteiger partial charge in [-0.15, -0.1) is 0 Å². The molecule has 1 fully saturated rings. The van der Waals surface area contributed by atoms with Gasteiger partial charge in [-0.2, -0.15) is 5.10 Å². The average molecular weight is 362 g/mol. The summed E-state index contributed by atoms with van der Waals surface area (Å²) in [6.07, 6.45) is 3.72. The molecule has 1 saturated heterocycles. The predicted octanol–water partition coefficient (Wildman–Crippen LogP) is 2.94. The number of hydrogen-bond donors (Lipinski definition) is 1. The Bertz CT molecular complexity index is 1050. The Hall–Kier alpha value is -3.15. The lowest BCUT2D eigenvalue weighted by Crippen LogP contribution is -2.23. The zero-order chi connectivity index (χ0) is 18.8. The summed E-state index contributed by atoms with van der Waals surface area (Å²) in [5.74, 6) is -0.176. The van der Waals surface area contributed by atoms with Gasteiger partial charge in [-0.05, 0) is 55.7 Å². The normalized spacial score (nSPS) is 13.9. The Labute approximate surface area is 157 Å². The van der Waals surface area contributed by atoms with Gasteiger partial charge in [-0.25, -0.2) is 0 Å². The molecule has 0 saturated carbocycles. The number of para-hydroxylation sites is 1. The second-order valence-corrected chi connectivity index (χ2v) is 6.93. The van der Waals surface area contributed by atoms with Crippen LogP contribution in [0.15, 0.2) is 53.5 Å². The van der Waals surface area contributed by atoms with E-state index in [1.54, 1.807) is 22.9 Å². The second kappa shape index (κ2) is 7.23. The minimum atomic E-state index is -0.176. The molecule has 2 aromatic carbocycles. The number of fused-ring (bicyclic) bond motifs is 1. The van der Waals surface area contributed by atoms with E-state index in [1.807, 2.05) is 18.2 Å². The van der Waals surface area contributed by atoms with E-state index in [-0.39, 0.29) is 17.9 Å². The minimum Gasteiger partial charge on any atom is -0.371 e.